The molecular weight excluding hydrogens is 216 g/mol. The fourth-order valence-electron chi connectivity index (χ4n) is 1.38. The van der Waals surface area contributed by atoms with E-state index in [1.54, 1.807) is 4.68 Å². The van der Waals surface area contributed by atoms with E-state index in [0.29, 0.717) is 30.1 Å². The molecule has 0 aliphatic heterocycles. The first-order valence-electron chi connectivity index (χ1n) is 5.06. The van der Waals surface area contributed by atoms with Gasteiger partial charge in [0.15, 0.2) is 5.78 Å². The average Bonchev–Trinajstić information content (AvgIpc) is 2.57. The first-order chi connectivity index (χ1) is 7.20. The molecule has 0 amide bonds. The number of ketones is 1. The number of aliphatic hydroxyl groups is 1. The third-order valence-electron chi connectivity index (χ3n) is 2.06. The Kier molecular flexibility index (Phi) is 4.78. The molecule has 0 bridgehead atoms. The van der Waals surface area contributed by atoms with Crippen molar-refractivity contribution in [2.24, 2.45) is 0 Å². The SMILES string of the molecule is CCCn1ncc(Cl)c1C(=O)CCCO. The highest BCUT2D eigenvalue weighted by Gasteiger charge is 2.16. The number of rotatable bonds is 6. The number of aliphatic hydroxyl groups excluding tert-OH is 1. The van der Waals surface area contributed by atoms with E-state index in [1.807, 2.05) is 6.92 Å². The normalized spacial score (nSPS) is 10.6. The van der Waals surface area contributed by atoms with Crippen molar-refractivity contribution in [3.8, 4) is 0 Å². The molecule has 1 N–H and O–H groups in total. The molecule has 1 aromatic heterocycles. The third-order valence-corrected chi connectivity index (χ3v) is 2.33. The fourth-order valence-corrected chi connectivity index (χ4v) is 1.63. The molecule has 4 nitrogen and oxygen atoms in total. The van der Waals surface area contributed by atoms with E-state index < -0.39 is 0 Å². The van der Waals surface area contributed by atoms with Gasteiger partial charge in [0.1, 0.15) is 5.69 Å². The summed E-state index contributed by atoms with van der Waals surface area (Å²) in [5.41, 5.74) is 0.465. The van der Waals surface area contributed by atoms with Crippen molar-refractivity contribution < 1.29 is 9.90 Å². The maximum atomic E-state index is 11.7. The second-order valence-electron chi connectivity index (χ2n) is 3.31. The monoisotopic (exact) mass is 230 g/mol. The van der Waals surface area contributed by atoms with Gasteiger partial charge in [-0.05, 0) is 12.8 Å². The highest BCUT2D eigenvalue weighted by atomic mass is 35.5. The van der Waals surface area contributed by atoms with Gasteiger partial charge in [-0.1, -0.05) is 18.5 Å². The first kappa shape index (κ1) is 12.2. The third kappa shape index (κ3) is 3.04. The molecule has 0 aliphatic rings. The Hall–Kier alpha value is -0.870. The molecule has 0 unspecified atom stereocenters. The standard InChI is InChI=1S/C10H15ClN2O2/c1-2-5-13-10(8(11)7-12-13)9(15)4-3-6-14/h7,14H,2-6H2,1H3. The molecule has 5 heteroatoms. The summed E-state index contributed by atoms with van der Waals surface area (Å²) in [6.45, 7) is 2.72. The van der Waals surface area contributed by atoms with Crippen molar-refractivity contribution in [1.29, 1.82) is 0 Å². The van der Waals surface area contributed by atoms with E-state index in [-0.39, 0.29) is 12.4 Å². The van der Waals surface area contributed by atoms with Crippen molar-refractivity contribution in [2.75, 3.05) is 6.61 Å². The van der Waals surface area contributed by atoms with Crippen LogP contribution in [0.25, 0.3) is 0 Å². The summed E-state index contributed by atoms with van der Waals surface area (Å²) < 4.78 is 1.63. The predicted octanol–water partition coefficient (Wildman–Crippen LogP) is 1.90. The van der Waals surface area contributed by atoms with Gasteiger partial charge in [-0.3, -0.25) is 9.48 Å². The van der Waals surface area contributed by atoms with Crippen LogP contribution in [0.15, 0.2) is 6.20 Å². The topological polar surface area (TPSA) is 55.1 Å². The van der Waals surface area contributed by atoms with Gasteiger partial charge in [0.25, 0.3) is 0 Å². The number of aryl methyl sites for hydroxylation is 1. The van der Waals surface area contributed by atoms with Crippen LogP contribution in [0.1, 0.15) is 36.7 Å². The quantitative estimate of drug-likeness (QED) is 0.760. The summed E-state index contributed by atoms with van der Waals surface area (Å²) >= 11 is 5.89. The highest BCUT2D eigenvalue weighted by molar-refractivity contribution is 6.33. The van der Waals surface area contributed by atoms with Crippen molar-refractivity contribution >= 4 is 17.4 Å². The van der Waals surface area contributed by atoms with Gasteiger partial charge >= 0.3 is 0 Å². The Labute approximate surface area is 93.9 Å². The molecule has 0 radical (unpaired) electrons. The van der Waals surface area contributed by atoms with Crippen LogP contribution in [-0.4, -0.2) is 27.3 Å². The van der Waals surface area contributed by atoms with E-state index in [9.17, 15) is 4.79 Å². The molecule has 1 rings (SSSR count). The van der Waals surface area contributed by atoms with Crippen LogP contribution in [0.5, 0.6) is 0 Å². The van der Waals surface area contributed by atoms with Crippen LogP contribution in [0.3, 0.4) is 0 Å². The lowest BCUT2D eigenvalue weighted by Gasteiger charge is -2.05. The molecule has 0 spiro atoms. The lowest BCUT2D eigenvalue weighted by atomic mass is 10.1. The van der Waals surface area contributed by atoms with E-state index in [2.05, 4.69) is 5.10 Å². The molecule has 1 heterocycles. The summed E-state index contributed by atoms with van der Waals surface area (Å²) in [4.78, 5) is 11.7. The van der Waals surface area contributed by atoms with Crippen LogP contribution < -0.4 is 0 Å². The minimum atomic E-state index is -0.0556. The Morgan fingerprint density at radius 1 is 1.67 bits per heavy atom. The van der Waals surface area contributed by atoms with Crippen LogP contribution >= 0.6 is 11.6 Å². The fraction of sp³-hybridized carbons (Fsp3) is 0.600. The summed E-state index contributed by atoms with van der Waals surface area (Å²) in [6.07, 6.45) is 3.17. The Bertz CT molecular complexity index is 336. The molecule has 84 valence electrons. The van der Waals surface area contributed by atoms with E-state index in [4.69, 9.17) is 16.7 Å². The van der Waals surface area contributed by atoms with Gasteiger partial charge in [-0.15, -0.1) is 0 Å². The first-order valence-corrected chi connectivity index (χ1v) is 5.43. The van der Waals surface area contributed by atoms with Gasteiger partial charge in [0.2, 0.25) is 0 Å². The number of hydrogen-bond acceptors (Lipinski definition) is 3. The minimum absolute atomic E-state index is 0.0191. The average molecular weight is 231 g/mol. The largest absolute Gasteiger partial charge is 0.396 e. The summed E-state index contributed by atoms with van der Waals surface area (Å²) in [5, 5.41) is 13.1. The van der Waals surface area contributed by atoms with E-state index in [1.165, 1.54) is 6.20 Å². The summed E-state index contributed by atoms with van der Waals surface area (Å²) in [7, 11) is 0. The van der Waals surface area contributed by atoms with Crippen molar-refractivity contribution in [1.82, 2.24) is 9.78 Å². The molecule has 1 aromatic rings. The number of carbonyl (C=O) groups excluding carboxylic acids is 1. The molecule has 15 heavy (non-hydrogen) atoms. The van der Waals surface area contributed by atoms with Crippen LogP contribution in [0.2, 0.25) is 5.02 Å². The summed E-state index contributed by atoms with van der Waals surface area (Å²) in [6, 6.07) is 0. The number of hydrogen-bond donors (Lipinski definition) is 1. The Morgan fingerprint density at radius 2 is 2.40 bits per heavy atom. The minimum Gasteiger partial charge on any atom is -0.396 e. The second kappa shape index (κ2) is 5.88. The summed E-state index contributed by atoms with van der Waals surface area (Å²) in [5.74, 6) is -0.0556. The van der Waals surface area contributed by atoms with Crippen molar-refractivity contribution in [2.45, 2.75) is 32.7 Å². The number of halogens is 1. The lowest BCUT2D eigenvalue weighted by molar-refractivity contribution is 0.0960. The van der Waals surface area contributed by atoms with Gasteiger partial charge < -0.3 is 5.11 Å². The molecule has 0 atom stereocenters. The smallest absolute Gasteiger partial charge is 0.182 e. The van der Waals surface area contributed by atoms with Gasteiger partial charge in [-0.25, -0.2) is 0 Å². The number of Topliss-reactive ketones (excluding diaryl/α,β-unsaturated/α-hetero) is 1. The second-order valence-corrected chi connectivity index (χ2v) is 3.72. The molecule has 0 aromatic carbocycles. The van der Waals surface area contributed by atoms with Gasteiger partial charge in [0.05, 0.1) is 11.2 Å². The van der Waals surface area contributed by atoms with Crippen molar-refractivity contribution in [3.63, 3.8) is 0 Å². The molecule has 0 fully saturated rings. The zero-order valence-corrected chi connectivity index (χ0v) is 9.50. The zero-order valence-electron chi connectivity index (χ0n) is 8.74. The van der Waals surface area contributed by atoms with Crippen molar-refractivity contribution in [3.05, 3.63) is 16.9 Å². The molecule has 0 saturated carbocycles. The van der Waals surface area contributed by atoms with Gasteiger partial charge in [0, 0.05) is 19.6 Å². The van der Waals surface area contributed by atoms with Crippen LogP contribution in [0, 0.1) is 0 Å². The van der Waals surface area contributed by atoms with E-state index in [0.717, 1.165) is 6.42 Å². The number of nitrogens with zero attached hydrogens (tertiary/aromatic N) is 2. The van der Waals surface area contributed by atoms with Crippen LogP contribution in [-0.2, 0) is 6.54 Å². The number of aromatic nitrogens is 2. The molecular formula is C10H15ClN2O2. The van der Waals surface area contributed by atoms with E-state index >= 15 is 0 Å². The predicted molar refractivity (Wildman–Crippen MR) is 58.2 cm³/mol. The van der Waals surface area contributed by atoms with Crippen LogP contribution in [0.4, 0.5) is 0 Å². The maximum Gasteiger partial charge on any atom is 0.182 e. The molecule has 0 aliphatic carbocycles. The zero-order chi connectivity index (χ0) is 11.3. The lowest BCUT2D eigenvalue weighted by Crippen LogP contribution is -2.11. The Morgan fingerprint density at radius 3 is 3.00 bits per heavy atom. The Balaban J connectivity index is 2.80. The van der Waals surface area contributed by atoms with Gasteiger partial charge in [-0.2, -0.15) is 5.10 Å². The molecule has 0 saturated heterocycles. The maximum absolute atomic E-state index is 11.7. The highest BCUT2D eigenvalue weighted by Crippen LogP contribution is 2.17. The number of carbonyl (C=O) groups is 1.